The Hall–Kier alpha value is -2.26. The zero-order valence-corrected chi connectivity index (χ0v) is 11.4. The van der Waals surface area contributed by atoms with Crippen molar-refractivity contribution in [2.45, 2.75) is 0 Å². The first-order valence-electron chi connectivity index (χ1n) is 5.57. The van der Waals surface area contributed by atoms with E-state index in [1.54, 1.807) is 16.6 Å². The topological polar surface area (TPSA) is 68.9 Å². The molecule has 3 aromatic heterocycles. The maximum Gasteiger partial charge on any atom is 0.235 e. The molecule has 0 unspecified atom stereocenters. The van der Waals surface area contributed by atoms with Crippen LogP contribution in [0.15, 0.2) is 29.6 Å². The van der Waals surface area contributed by atoms with Gasteiger partial charge in [0.2, 0.25) is 4.96 Å². The van der Waals surface area contributed by atoms with Crippen molar-refractivity contribution >= 4 is 27.8 Å². The number of benzene rings is 1. The van der Waals surface area contributed by atoms with Crippen molar-refractivity contribution in [3.8, 4) is 22.1 Å². The number of hydrogen-bond donors (Lipinski definition) is 0. The Kier molecular flexibility index (Phi) is 2.54. The Bertz CT molecular complexity index is 864. The van der Waals surface area contributed by atoms with Gasteiger partial charge in [-0.2, -0.15) is 9.61 Å². The van der Waals surface area contributed by atoms with Gasteiger partial charge in [-0.25, -0.2) is 4.39 Å². The lowest BCUT2D eigenvalue weighted by Gasteiger charge is -1.96. The highest BCUT2D eigenvalue weighted by Crippen LogP contribution is 2.27. The van der Waals surface area contributed by atoms with E-state index in [1.807, 2.05) is 5.38 Å². The van der Waals surface area contributed by atoms with Crippen molar-refractivity contribution in [3.05, 3.63) is 35.5 Å². The molecule has 0 spiro atoms. The van der Waals surface area contributed by atoms with Crippen LogP contribution < -0.4 is 0 Å². The second kappa shape index (κ2) is 4.39. The minimum atomic E-state index is -0.290. The molecule has 0 radical (unpaired) electrons. The third-order valence-electron chi connectivity index (χ3n) is 2.67. The second-order valence-electron chi connectivity index (χ2n) is 3.92. The Morgan fingerprint density at radius 3 is 2.65 bits per heavy atom. The van der Waals surface area contributed by atoms with E-state index in [1.165, 1.54) is 35.0 Å². The highest BCUT2D eigenvalue weighted by molar-refractivity contribution is 7.20. The largest absolute Gasteiger partial charge is 0.235 e. The van der Waals surface area contributed by atoms with Crippen molar-refractivity contribution in [3.63, 3.8) is 0 Å². The molecule has 0 amide bonds. The predicted molar refractivity (Wildman–Crippen MR) is 73.0 cm³/mol. The van der Waals surface area contributed by atoms with Crippen molar-refractivity contribution in [1.82, 2.24) is 29.4 Å². The van der Waals surface area contributed by atoms with Gasteiger partial charge in [0.15, 0.2) is 10.8 Å². The van der Waals surface area contributed by atoms with E-state index < -0.39 is 0 Å². The molecule has 0 bridgehead atoms. The van der Waals surface area contributed by atoms with E-state index in [-0.39, 0.29) is 5.82 Å². The molecular weight excluding hydrogens is 299 g/mol. The number of hydrogen-bond acceptors (Lipinski definition) is 7. The molecule has 0 aliphatic carbocycles. The van der Waals surface area contributed by atoms with Gasteiger partial charge in [0.25, 0.3) is 0 Å². The lowest BCUT2D eigenvalue weighted by molar-refractivity contribution is 0.628. The molecule has 4 aromatic rings. The molecular formula is C11H5FN6S2. The summed E-state index contributed by atoms with van der Waals surface area (Å²) in [6.45, 7) is 0. The molecule has 0 aliphatic heterocycles. The zero-order valence-electron chi connectivity index (χ0n) is 9.76. The van der Waals surface area contributed by atoms with Gasteiger partial charge in [0.05, 0.1) is 0 Å². The first-order valence-corrected chi connectivity index (χ1v) is 7.22. The molecule has 1 aromatic carbocycles. The summed E-state index contributed by atoms with van der Waals surface area (Å²) >= 11 is 2.65. The lowest BCUT2D eigenvalue weighted by Crippen LogP contribution is -1.91. The first kappa shape index (κ1) is 11.6. The van der Waals surface area contributed by atoms with Gasteiger partial charge in [-0.05, 0) is 35.8 Å². The van der Waals surface area contributed by atoms with Crippen LogP contribution in [0.3, 0.4) is 0 Å². The minimum absolute atomic E-state index is 0.290. The van der Waals surface area contributed by atoms with Crippen molar-refractivity contribution in [1.29, 1.82) is 0 Å². The molecule has 6 nitrogen and oxygen atoms in total. The highest BCUT2D eigenvalue weighted by atomic mass is 32.1. The van der Waals surface area contributed by atoms with E-state index in [0.29, 0.717) is 10.8 Å². The van der Waals surface area contributed by atoms with Gasteiger partial charge in [0.1, 0.15) is 11.5 Å². The number of aromatic nitrogens is 6. The molecule has 0 aliphatic rings. The Labute approximate surface area is 119 Å². The van der Waals surface area contributed by atoms with E-state index in [2.05, 4.69) is 24.9 Å². The fraction of sp³-hybridized carbons (Fsp3) is 0. The molecule has 0 atom stereocenters. The van der Waals surface area contributed by atoms with E-state index in [4.69, 9.17) is 0 Å². The van der Waals surface area contributed by atoms with Crippen LogP contribution in [-0.4, -0.2) is 29.4 Å². The zero-order chi connectivity index (χ0) is 13.5. The molecule has 9 heteroatoms. The Morgan fingerprint density at radius 2 is 1.90 bits per heavy atom. The fourth-order valence-corrected chi connectivity index (χ4v) is 3.07. The Morgan fingerprint density at radius 1 is 1.05 bits per heavy atom. The van der Waals surface area contributed by atoms with Crippen molar-refractivity contribution in [2.75, 3.05) is 0 Å². The summed E-state index contributed by atoms with van der Waals surface area (Å²) in [4.78, 5) is 0.660. The van der Waals surface area contributed by atoms with Gasteiger partial charge >= 0.3 is 0 Å². The normalized spacial score (nSPS) is 11.2. The fourth-order valence-electron chi connectivity index (χ4n) is 1.76. The van der Waals surface area contributed by atoms with Crippen LogP contribution in [0.4, 0.5) is 4.39 Å². The molecule has 3 heterocycles. The smallest absolute Gasteiger partial charge is 0.207 e. The third-order valence-corrected chi connectivity index (χ3v) is 4.10. The number of rotatable bonds is 2. The van der Waals surface area contributed by atoms with Crippen LogP contribution in [0.25, 0.3) is 27.1 Å². The van der Waals surface area contributed by atoms with Crippen LogP contribution in [-0.2, 0) is 0 Å². The molecule has 4 rings (SSSR count). The summed E-state index contributed by atoms with van der Waals surface area (Å²) in [7, 11) is 0. The average Bonchev–Trinajstić information content (AvgIpc) is 3.15. The Balaban J connectivity index is 1.86. The summed E-state index contributed by atoms with van der Waals surface area (Å²) in [6.07, 6.45) is 0. The standard InChI is InChI=1S/C11H5FN6S2/c12-7-3-1-6(2-4-7)9-14-15-11-18(9)16-10(20-11)8-5-19-17-13-8/h1-5H. The van der Waals surface area contributed by atoms with Crippen molar-refractivity contribution < 1.29 is 4.39 Å². The summed E-state index contributed by atoms with van der Waals surface area (Å²) in [5, 5.41) is 19.1. The van der Waals surface area contributed by atoms with Gasteiger partial charge in [-0.3, -0.25) is 0 Å². The third kappa shape index (κ3) is 1.79. The van der Waals surface area contributed by atoms with E-state index >= 15 is 0 Å². The van der Waals surface area contributed by atoms with Gasteiger partial charge in [-0.15, -0.1) is 15.3 Å². The van der Waals surface area contributed by atoms with E-state index in [9.17, 15) is 4.39 Å². The average molecular weight is 304 g/mol. The maximum atomic E-state index is 13.0. The predicted octanol–water partition coefficient (Wildman–Crippen LogP) is 2.51. The molecule has 20 heavy (non-hydrogen) atoms. The van der Waals surface area contributed by atoms with Crippen LogP contribution in [0, 0.1) is 5.82 Å². The van der Waals surface area contributed by atoms with Crippen LogP contribution in [0.2, 0.25) is 0 Å². The summed E-state index contributed by atoms with van der Waals surface area (Å²) < 4.78 is 18.4. The quantitative estimate of drug-likeness (QED) is 0.569. The number of fused-ring (bicyclic) bond motifs is 1. The van der Waals surface area contributed by atoms with Crippen LogP contribution >= 0.6 is 22.9 Å². The summed E-state index contributed by atoms with van der Waals surface area (Å²) in [5.41, 5.74) is 1.47. The molecule has 0 N–H and O–H groups in total. The van der Waals surface area contributed by atoms with Gasteiger partial charge in [0, 0.05) is 10.9 Å². The summed E-state index contributed by atoms with van der Waals surface area (Å²) in [5.74, 6) is 0.285. The highest BCUT2D eigenvalue weighted by Gasteiger charge is 2.15. The number of halogens is 1. The van der Waals surface area contributed by atoms with Crippen molar-refractivity contribution in [2.24, 2.45) is 0 Å². The SMILES string of the molecule is Fc1ccc(-c2nnc3sc(-c4csnn4)nn23)cc1. The molecule has 98 valence electrons. The molecule has 0 fully saturated rings. The molecule has 0 saturated carbocycles. The minimum Gasteiger partial charge on any atom is -0.207 e. The summed E-state index contributed by atoms with van der Waals surface area (Å²) in [6, 6.07) is 6.06. The van der Waals surface area contributed by atoms with Gasteiger partial charge < -0.3 is 0 Å². The molecule has 0 saturated heterocycles. The first-order chi connectivity index (χ1) is 9.81. The van der Waals surface area contributed by atoms with E-state index in [0.717, 1.165) is 16.3 Å². The monoisotopic (exact) mass is 304 g/mol. The lowest BCUT2D eigenvalue weighted by atomic mass is 10.2. The maximum absolute atomic E-state index is 13.0. The van der Waals surface area contributed by atoms with Crippen LogP contribution in [0.5, 0.6) is 0 Å². The number of nitrogens with zero attached hydrogens (tertiary/aromatic N) is 6. The van der Waals surface area contributed by atoms with Crippen LogP contribution in [0.1, 0.15) is 0 Å². The van der Waals surface area contributed by atoms with Gasteiger partial charge in [-0.1, -0.05) is 15.8 Å². The second-order valence-corrected chi connectivity index (χ2v) is 5.49.